The first-order chi connectivity index (χ1) is 12.1. The van der Waals surface area contributed by atoms with Crippen molar-refractivity contribution in [2.75, 3.05) is 6.61 Å². The lowest BCUT2D eigenvalue weighted by atomic mass is 9.67. The number of rotatable bonds is 7. The van der Waals surface area contributed by atoms with Crippen LogP contribution in [-0.2, 0) is 19.6 Å². The maximum absolute atomic E-state index is 13.1. The van der Waals surface area contributed by atoms with E-state index in [9.17, 15) is 4.79 Å². The minimum absolute atomic E-state index is 0.258. The lowest BCUT2D eigenvalue weighted by molar-refractivity contribution is -0.166. The third kappa shape index (κ3) is 3.91. The molecule has 0 spiro atoms. The van der Waals surface area contributed by atoms with Gasteiger partial charge in [0.15, 0.2) is 8.32 Å². The maximum Gasteiger partial charge on any atom is 0.315 e. The maximum atomic E-state index is 13.1. The molecule has 0 aromatic heterocycles. The fourth-order valence-corrected chi connectivity index (χ4v) is 4.80. The van der Waals surface area contributed by atoms with E-state index in [1.807, 2.05) is 81.4 Å². The van der Waals surface area contributed by atoms with Crippen LogP contribution >= 0.6 is 0 Å². The molecule has 0 aliphatic rings. The summed E-state index contributed by atoms with van der Waals surface area (Å²) in [5.74, 6) is -0.258. The molecule has 0 aliphatic carbocycles. The normalized spacial score (nSPS) is 12.7. The zero-order valence-corrected chi connectivity index (χ0v) is 17.7. The van der Waals surface area contributed by atoms with Gasteiger partial charge in [0, 0.05) is 0 Å². The smallest absolute Gasteiger partial charge is 0.315 e. The fraction of sp³-hybridized carbons (Fsp3) is 0.409. The van der Waals surface area contributed by atoms with Crippen LogP contribution in [0.5, 0.6) is 0 Å². The minimum Gasteiger partial charge on any atom is -0.465 e. The van der Waals surface area contributed by atoms with Gasteiger partial charge < -0.3 is 9.16 Å². The molecule has 2 aromatic carbocycles. The van der Waals surface area contributed by atoms with Gasteiger partial charge in [0.1, 0.15) is 5.60 Å². The van der Waals surface area contributed by atoms with Crippen molar-refractivity contribution in [1.82, 2.24) is 0 Å². The van der Waals surface area contributed by atoms with Crippen molar-refractivity contribution in [2.24, 2.45) is 5.41 Å². The second-order valence-corrected chi connectivity index (χ2v) is 12.4. The molecule has 0 N–H and O–H groups in total. The van der Waals surface area contributed by atoms with Crippen LogP contribution in [0, 0.1) is 5.41 Å². The summed E-state index contributed by atoms with van der Waals surface area (Å²) < 4.78 is 12.3. The molecule has 0 heterocycles. The van der Waals surface area contributed by atoms with Crippen LogP contribution in [0.25, 0.3) is 0 Å². The first-order valence-corrected chi connectivity index (χ1v) is 12.5. The predicted molar refractivity (Wildman–Crippen MR) is 109 cm³/mol. The summed E-state index contributed by atoms with van der Waals surface area (Å²) >= 11 is 0. The molecule has 0 aliphatic heterocycles. The number of carbonyl (C=O) groups excluding carboxylic acids is 1. The third-order valence-corrected chi connectivity index (χ3v) is 5.40. The molecule has 0 saturated heterocycles. The lowest BCUT2D eigenvalue weighted by Crippen LogP contribution is -2.54. The van der Waals surface area contributed by atoms with Crippen LogP contribution < -0.4 is 0 Å². The van der Waals surface area contributed by atoms with Crippen molar-refractivity contribution in [1.29, 1.82) is 0 Å². The topological polar surface area (TPSA) is 35.5 Å². The summed E-state index contributed by atoms with van der Waals surface area (Å²) in [6.07, 6.45) is 0. The molecule has 140 valence electrons. The monoisotopic (exact) mass is 370 g/mol. The Bertz CT molecular complexity index is 679. The van der Waals surface area contributed by atoms with Crippen molar-refractivity contribution >= 4 is 14.3 Å². The predicted octanol–water partition coefficient (Wildman–Crippen LogP) is 5.37. The number of benzene rings is 2. The lowest BCUT2D eigenvalue weighted by Gasteiger charge is -2.49. The van der Waals surface area contributed by atoms with Gasteiger partial charge in [-0.15, -0.1) is 0 Å². The molecule has 0 unspecified atom stereocenters. The average molecular weight is 371 g/mol. The van der Waals surface area contributed by atoms with Gasteiger partial charge >= 0.3 is 5.97 Å². The molecule has 0 saturated carbocycles. The van der Waals surface area contributed by atoms with Crippen molar-refractivity contribution in [2.45, 2.75) is 46.0 Å². The summed E-state index contributed by atoms with van der Waals surface area (Å²) in [6.45, 7) is 12.5. The first kappa shape index (κ1) is 20.4. The molecule has 4 heteroatoms. The van der Waals surface area contributed by atoms with E-state index in [1.165, 1.54) is 0 Å². The first-order valence-electron chi connectivity index (χ1n) is 9.13. The second kappa shape index (κ2) is 7.76. The van der Waals surface area contributed by atoms with Gasteiger partial charge in [-0.2, -0.15) is 0 Å². The summed E-state index contributed by atoms with van der Waals surface area (Å²) in [6, 6.07) is 20.0. The number of carbonyl (C=O) groups is 1. The van der Waals surface area contributed by atoms with E-state index in [-0.39, 0.29) is 5.97 Å². The Morgan fingerprint density at radius 1 is 0.885 bits per heavy atom. The highest BCUT2D eigenvalue weighted by molar-refractivity contribution is 6.69. The van der Waals surface area contributed by atoms with Gasteiger partial charge in [-0.25, -0.2) is 0 Å². The zero-order valence-electron chi connectivity index (χ0n) is 16.7. The van der Waals surface area contributed by atoms with Gasteiger partial charge in [0.05, 0.1) is 12.0 Å². The molecule has 26 heavy (non-hydrogen) atoms. The standard InChI is InChI=1S/C22H30O3Si/c1-7-24-20(23)21(2,3)22(25-26(4,5)6,18-14-10-8-11-15-18)19-16-12-9-13-17-19/h8-17H,7H2,1-6H3. The van der Waals surface area contributed by atoms with Crippen LogP contribution in [0.1, 0.15) is 31.9 Å². The van der Waals surface area contributed by atoms with Crippen LogP contribution in [0.3, 0.4) is 0 Å². The highest BCUT2D eigenvalue weighted by atomic mass is 28.4. The van der Waals surface area contributed by atoms with Gasteiger partial charge in [-0.3, -0.25) is 4.79 Å². The van der Waals surface area contributed by atoms with Gasteiger partial charge in [0.2, 0.25) is 0 Å². The summed E-state index contributed by atoms with van der Waals surface area (Å²) in [4.78, 5) is 13.1. The number of hydrogen-bond acceptors (Lipinski definition) is 3. The Morgan fingerprint density at radius 2 is 1.31 bits per heavy atom. The van der Waals surface area contributed by atoms with Gasteiger partial charge in [-0.05, 0) is 51.5 Å². The minimum atomic E-state index is -2.04. The van der Waals surface area contributed by atoms with Crippen molar-refractivity contribution < 1.29 is 14.0 Å². The average Bonchev–Trinajstić information content (AvgIpc) is 2.60. The molecule has 0 atom stereocenters. The van der Waals surface area contributed by atoms with Crippen LogP contribution in [0.2, 0.25) is 19.6 Å². The molecule has 0 amide bonds. The van der Waals surface area contributed by atoms with Crippen molar-refractivity contribution in [3.05, 3.63) is 71.8 Å². The molecule has 0 fully saturated rings. The molecule has 3 nitrogen and oxygen atoms in total. The van der Waals surface area contributed by atoms with Crippen molar-refractivity contribution in [3.8, 4) is 0 Å². The van der Waals surface area contributed by atoms with E-state index >= 15 is 0 Å². The summed E-state index contributed by atoms with van der Waals surface area (Å²) in [7, 11) is -2.04. The van der Waals surface area contributed by atoms with E-state index in [0.717, 1.165) is 11.1 Å². The quantitative estimate of drug-likeness (QED) is 0.485. The van der Waals surface area contributed by atoms with E-state index in [1.54, 1.807) is 0 Å². The number of ether oxygens (including phenoxy) is 1. The zero-order chi connectivity index (χ0) is 19.4. The number of esters is 1. The summed E-state index contributed by atoms with van der Waals surface area (Å²) in [5, 5.41) is 0. The molecule has 0 bridgehead atoms. The largest absolute Gasteiger partial charge is 0.465 e. The van der Waals surface area contributed by atoms with Gasteiger partial charge in [0.25, 0.3) is 0 Å². The Balaban J connectivity index is 2.83. The second-order valence-electron chi connectivity index (χ2n) is 7.97. The van der Waals surface area contributed by atoms with Crippen molar-refractivity contribution in [3.63, 3.8) is 0 Å². The highest BCUT2D eigenvalue weighted by Gasteiger charge is 2.56. The Hall–Kier alpha value is -1.91. The number of hydrogen-bond donors (Lipinski definition) is 0. The van der Waals surface area contributed by atoms with Gasteiger partial charge in [-0.1, -0.05) is 60.7 Å². The Kier molecular flexibility index (Phi) is 6.09. The van der Waals surface area contributed by atoms with E-state index in [2.05, 4.69) is 19.6 Å². The van der Waals surface area contributed by atoms with E-state index < -0.39 is 19.3 Å². The molecule has 2 aromatic rings. The van der Waals surface area contributed by atoms with E-state index in [4.69, 9.17) is 9.16 Å². The molecule has 2 rings (SSSR count). The summed E-state index contributed by atoms with van der Waals surface area (Å²) in [5.41, 5.74) is 0.0940. The molecule has 0 radical (unpaired) electrons. The Morgan fingerprint density at radius 3 is 1.65 bits per heavy atom. The van der Waals surface area contributed by atoms with Crippen LogP contribution in [0.15, 0.2) is 60.7 Å². The highest BCUT2D eigenvalue weighted by Crippen LogP contribution is 2.50. The van der Waals surface area contributed by atoms with Crippen LogP contribution in [-0.4, -0.2) is 20.9 Å². The van der Waals surface area contributed by atoms with E-state index in [0.29, 0.717) is 6.61 Å². The SMILES string of the molecule is CCOC(=O)C(C)(C)C(O[Si](C)(C)C)(c1ccccc1)c1ccccc1. The third-order valence-electron chi connectivity index (χ3n) is 4.49. The fourth-order valence-electron chi connectivity index (χ4n) is 3.39. The molecular weight excluding hydrogens is 340 g/mol. The molecular formula is C22H30O3Si. The van der Waals surface area contributed by atoms with Crippen LogP contribution in [0.4, 0.5) is 0 Å². The Labute approximate surface area is 158 Å².